The Labute approximate surface area is 114 Å². The summed E-state index contributed by atoms with van der Waals surface area (Å²) in [7, 11) is 1.67. The monoisotopic (exact) mass is 263 g/mol. The van der Waals surface area contributed by atoms with Crippen molar-refractivity contribution >= 4 is 11.8 Å². The number of benzene rings is 1. The average molecular weight is 263 g/mol. The Hall–Kier alpha value is -1.68. The molecule has 1 aromatic rings. The maximum Gasteiger partial charge on any atom is 0.307 e. The Morgan fingerprint density at radius 3 is 2.32 bits per heavy atom. The molecule has 1 atom stereocenters. The number of carbonyl (C=O) groups is 2. The number of hydrogen-bond acceptors (Lipinski definition) is 4. The second kappa shape index (κ2) is 7.69. The van der Waals surface area contributed by atoms with E-state index >= 15 is 0 Å². The van der Waals surface area contributed by atoms with Crippen LogP contribution < -0.4 is 5.32 Å². The van der Waals surface area contributed by atoms with Crippen LogP contribution in [0.4, 0.5) is 0 Å². The summed E-state index contributed by atoms with van der Waals surface area (Å²) in [4.78, 5) is 23.7. The molecule has 0 fully saturated rings. The number of ether oxygens (including phenoxy) is 1. The van der Waals surface area contributed by atoms with Gasteiger partial charge in [0.05, 0.1) is 19.1 Å². The van der Waals surface area contributed by atoms with Gasteiger partial charge in [0.2, 0.25) is 0 Å². The van der Waals surface area contributed by atoms with Crippen LogP contribution in [0.3, 0.4) is 0 Å². The fourth-order valence-corrected chi connectivity index (χ4v) is 1.82. The lowest BCUT2D eigenvalue weighted by molar-refractivity contribution is -0.143. The lowest BCUT2D eigenvalue weighted by Gasteiger charge is -2.14. The second-order valence-electron chi connectivity index (χ2n) is 4.27. The summed E-state index contributed by atoms with van der Waals surface area (Å²) in [5.74, 6) is -0.446. The minimum Gasteiger partial charge on any atom is -0.466 e. The number of rotatable bonds is 7. The van der Waals surface area contributed by atoms with E-state index in [1.165, 1.54) is 5.56 Å². The van der Waals surface area contributed by atoms with Crippen LogP contribution >= 0.6 is 0 Å². The third-order valence-corrected chi connectivity index (χ3v) is 2.99. The fourth-order valence-electron chi connectivity index (χ4n) is 1.82. The van der Waals surface area contributed by atoms with Crippen molar-refractivity contribution in [3.8, 4) is 0 Å². The topological polar surface area (TPSA) is 55.4 Å². The molecule has 0 aliphatic carbocycles. The molecule has 0 radical (unpaired) electrons. The molecule has 1 unspecified atom stereocenters. The van der Waals surface area contributed by atoms with Crippen LogP contribution in [0.2, 0.25) is 0 Å². The molecule has 104 valence electrons. The maximum absolute atomic E-state index is 12.2. The summed E-state index contributed by atoms with van der Waals surface area (Å²) < 4.78 is 4.87. The van der Waals surface area contributed by atoms with Crippen LogP contribution in [-0.2, 0) is 16.0 Å². The summed E-state index contributed by atoms with van der Waals surface area (Å²) in [6.07, 6.45) is 0.992. The van der Waals surface area contributed by atoms with Gasteiger partial charge in [0.25, 0.3) is 0 Å². The van der Waals surface area contributed by atoms with E-state index < -0.39 is 6.04 Å². The third kappa shape index (κ3) is 4.48. The number of carbonyl (C=O) groups excluding carboxylic acids is 2. The zero-order chi connectivity index (χ0) is 14.3. The molecular formula is C15H21NO3. The molecule has 4 nitrogen and oxygen atoms in total. The van der Waals surface area contributed by atoms with Crippen LogP contribution in [-0.4, -0.2) is 31.4 Å². The molecule has 0 saturated heterocycles. The first kappa shape index (κ1) is 15.4. The van der Waals surface area contributed by atoms with Gasteiger partial charge in [-0.15, -0.1) is 0 Å². The van der Waals surface area contributed by atoms with Gasteiger partial charge in [0.1, 0.15) is 0 Å². The fraction of sp³-hybridized carbons (Fsp3) is 0.467. The predicted molar refractivity (Wildman–Crippen MR) is 74.2 cm³/mol. The SMILES string of the molecule is CCOC(=O)CC(NC)C(=O)c1ccc(CC)cc1. The highest BCUT2D eigenvalue weighted by Gasteiger charge is 2.21. The molecule has 1 rings (SSSR count). The molecule has 19 heavy (non-hydrogen) atoms. The minimum absolute atomic E-state index is 0.0543. The van der Waals surface area contributed by atoms with Gasteiger partial charge in [-0.2, -0.15) is 0 Å². The standard InChI is InChI=1S/C15H21NO3/c1-4-11-6-8-12(9-7-11)15(18)13(16-3)10-14(17)19-5-2/h6-9,13,16H,4-5,10H2,1-3H3. The van der Waals surface area contributed by atoms with Crippen molar-refractivity contribution in [2.24, 2.45) is 0 Å². The summed E-state index contributed by atoms with van der Waals surface area (Å²) >= 11 is 0. The second-order valence-corrected chi connectivity index (χ2v) is 4.27. The smallest absolute Gasteiger partial charge is 0.307 e. The zero-order valence-electron chi connectivity index (χ0n) is 11.7. The Bertz CT molecular complexity index is 426. The highest BCUT2D eigenvalue weighted by molar-refractivity contribution is 6.01. The van der Waals surface area contributed by atoms with Crippen molar-refractivity contribution in [1.82, 2.24) is 5.32 Å². The van der Waals surface area contributed by atoms with E-state index in [0.29, 0.717) is 12.2 Å². The highest BCUT2D eigenvalue weighted by Crippen LogP contribution is 2.10. The lowest BCUT2D eigenvalue weighted by atomic mass is 10.00. The van der Waals surface area contributed by atoms with E-state index in [4.69, 9.17) is 4.74 Å². The van der Waals surface area contributed by atoms with E-state index in [1.807, 2.05) is 12.1 Å². The molecule has 4 heteroatoms. The lowest BCUT2D eigenvalue weighted by Crippen LogP contribution is -2.36. The highest BCUT2D eigenvalue weighted by atomic mass is 16.5. The van der Waals surface area contributed by atoms with Crippen LogP contribution in [0.15, 0.2) is 24.3 Å². The normalized spacial score (nSPS) is 11.9. The van der Waals surface area contributed by atoms with Gasteiger partial charge < -0.3 is 10.1 Å². The predicted octanol–water partition coefficient (Wildman–Crippen LogP) is 1.97. The number of ketones is 1. The van der Waals surface area contributed by atoms with Crippen molar-refractivity contribution < 1.29 is 14.3 Å². The molecule has 0 aliphatic rings. The molecule has 0 aromatic heterocycles. The van der Waals surface area contributed by atoms with Gasteiger partial charge in [0, 0.05) is 5.56 Å². The van der Waals surface area contributed by atoms with Crippen LogP contribution in [0.25, 0.3) is 0 Å². The number of Topliss-reactive ketones (excluding diaryl/α,β-unsaturated/α-hetero) is 1. The van der Waals surface area contributed by atoms with Gasteiger partial charge in [-0.25, -0.2) is 0 Å². The Balaban J connectivity index is 2.74. The minimum atomic E-state index is -0.536. The first-order valence-corrected chi connectivity index (χ1v) is 6.58. The number of nitrogens with one attached hydrogen (secondary N) is 1. The Morgan fingerprint density at radius 2 is 1.84 bits per heavy atom. The van der Waals surface area contributed by atoms with Crippen molar-refractivity contribution in [2.45, 2.75) is 32.7 Å². The van der Waals surface area contributed by atoms with Crippen molar-refractivity contribution in [3.05, 3.63) is 35.4 Å². The van der Waals surface area contributed by atoms with Gasteiger partial charge in [-0.1, -0.05) is 31.2 Å². The number of aryl methyl sites for hydroxylation is 1. The molecule has 0 spiro atoms. The van der Waals surface area contributed by atoms with Crippen molar-refractivity contribution in [3.63, 3.8) is 0 Å². The van der Waals surface area contributed by atoms with Gasteiger partial charge >= 0.3 is 5.97 Å². The zero-order valence-corrected chi connectivity index (χ0v) is 11.7. The average Bonchev–Trinajstić information content (AvgIpc) is 2.44. The van der Waals surface area contributed by atoms with Crippen LogP contribution in [0.5, 0.6) is 0 Å². The molecule has 0 bridgehead atoms. The molecule has 0 saturated carbocycles. The van der Waals surface area contributed by atoms with Gasteiger partial charge in [0.15, 0.2) is 5.78 Å². The number of likely N-dealkylation sites (N-methyl/N-ethyl adjacent to an activating group) is 1. The van der Waals surface area contributed by atoms with Crippen LogP contribution in [0.1, 0.15) is 36.2 Å². The molecule has 1 N–H and O–H groups in total. The number of hydrogen-bond donors (Lipinski definition) is 1. The first-order valence-electron chi connectivity index (χ1n) is 6.58. The molecule has 0 amide bonds. The van der Waals surface area contributed by atoms with E-state index in [9.17, 15) is 9.59 Å². The molecule has 0 heterocycles. The first-order chi connectivity index (χ1) is 9.12. The third-order valence-electron chi connectivity index (χ3n) is 2.99. The van der Waals surface area contributed by atoms with Gasteiger partial charge in [-0.3, -0.25) is 9.59 Å². The summed E-state index contributed by atoms with van der Waals surface area (Å²) in [6, 6.07) is 6.94. The van der Waals surface area contributed by atoms with E-state index in [-0.39, 0.29) is 18.2 Å². The van der Waals surface area contributed by atoms with Crippen molar-refractivity contribution in [1.29, 1.82) is 0 Å². The largest absolute Gasteiger partial charge is 0.466 e. The Morgan fingerprint density at radius 1 is 1.21 bits per heavy atom. The van der Waals surface area contributed by atoms with E-state index in [2.05, 4.69) is 12.2 Å². The molecular weight excluding hydrogens is 242 g/mol. The van der Waals surface area contributed by atoms with E-state index in [1.54, 1.807) is 26.1 Å². The summed E-state index contributed by atoms with van der Waals surface area (Å²) in [5.41, 5.74) is 1.80. The van der Waals surface area contributed by atoms with Crippen LogP contribution in [0, 0.1) is 0 Å². The van der Waals surface area contributed by atoms with Crippen molar-refractivity contribution in [2.75, 3.05) is 13.7 Å². The van der Waals surface area contributed by atoms with Gasteiger partial charge in [-0.05, 0) is 26.0 Å². The Kier molecular flexibility index (Phi) is 6.22. The van der Waals surface area contributed by atoms with E-state index in [0.717, 1.165) is 6.42 Å². The molecule has 1 aromatic carbocycles. The quantitative estimate of drug-likeness (QED) is 0.603. The maximum atomic E-state index is 12.2. The number of esters is 1. The molecule has 0 aliphatic heterocycles. The summed E-state index contributed by atoms with van der Waals surface area (Å²) in [6.45, 7) is 4.14. The summed E-state index contributed by atoms with van der Waals surface area (Å²) in [5, 5.41) is 2.87.